The lowest BCUT2D eigenvalue weighted by molar-refractivity contribution is 0.558. The molecule has 0 spiro atoms. The first kappa shape index (κ1) is 15.6. The maximum absolute atomic E-state index is 13.5. The molecule has 0 aromatic heterocycles. The highest BCUT2D eigenvalue weighted by atomic mass is 19.1. The average molecular weight is 289 g/mol. The van der Waals surface area contributed by atoms with Crippen molar-refractivity contribution in [3.63, 3.8) is 0 Å². The molecule has 0 radical (unpaired) electrons. The van der Waals surface area contributed by atoms with Gasteiger partial charge in [-0.15, -0.1) is 0 Å². The van der Waals surface area contributed by atoms with Crippen LogP contribution in [0.15, 0.2) is 42.5 Å². The Labute approximate surface area is 125 Å². The van der Waals surface area contributed by atoms with Gasteiger partial charge in [0, 0.05) is 6.07 Å². The molecule has 0 bridgehead atoms. The molecule has 1 nitrogen and oxygen atoms in total. The molecule has 1 unspecified atom stereocenters. The molecule has 112 valence electrons. The SMILES string of the molecule is CCCNC(c1ccc(CC)cc1)c1cc(F)cc(F)c1. The van der Waals surface area contributed by atoms with E-state index in [1.165, 1.54) is 17.7 Å². The van der Waals surface area contributed by atoms with Gasteiger partial charge in [0.2, 0.25) is 0 Å². The van der Waals surface area contributed by atoms with Crippen LogP contribution < -0.4 is 5.32 Å². The predicted octanol–water partition coefficient (Wildman–Crippen LogP) is 4.62. The third-order valence-electron chi connectivity index (χ3n) is 3.54. The fraction of sp³-hybridized carbons (Fsp3) is 0.333. The van der Waals surface area contributed by atoms with Gasteiger partial charge in [0.05, 0.1) is 6.04 Å². The van der Waals surface area contributed by atoms with Crippen LogP contribution in [0.3, 0.4) is 0 Å². The first-order valence-corrected chi connectivity index (χ1v) is 7.42. The largest absolute Gasteiger partial charge is 0.306 e. The quantitative estimate of drug-likeness (QED) is 0.818. The zero-order chi connectivity index (χ0) is 15.2. The van der Waals surface area contributed by atoms with Crippen molar-refractivity contribution in [2.45, 2.75) is 32.7 Å². The standard InChI is InChI=1S/C18H21F2N/c1-3-9-21-18(14-7-5-13(4-2)6-8-14)15-10-16(19)12-17(20)11-15/h5-8,10-12,18,21H,3-4,9H2,1-2H3. The molecular weight excluding hydrogens is 268 g/mol. The first-order valence-electron chi connectivity index (χ1n) is 7.42. The molecule has 2 aromatic carbocycles. The summed E-state index contributed by atoms with van der Waals surface area (Å²) < 4.78 is 27.0. The predicted molar refractivity (Wildman–Crippen MR) is 82.3 cm³/mol. The van der Waals surface area contributed by atoms with Crippen molar-refractivity contribution in [3.05, 3.63) is 70.8 Å². The van der Waals surface area contributed by atoms with Gasteiger partial charge in [-0.1, -0.05) is 38.1 Å². The van der Waals surface area contributed by atoms with E-state index >= 15 is 0 Å². The van der Waals surface area contributed by atoms with Crippen LogP contribution >= 0.6 is 0 Å². The van der Waals surface area contributed by atoms with Crippen LogP contribution in [-0.4, -0.2) is 6.54 Å². The Morgan fingerprint density at radius 2 is 1.52 bits per heavy atom. The summed E-state index contributed by atoms with van der Waals surface area (Å²) in [6, 6.07) is 11.7. The van der Waals surface area contributed by atoms with Gasteiger partial charge in [-0.3, -0.25) is 0 Å². The monoisotopic (exact) mass is 289 g/mol. The van der Waals surface area contributed by atoms with Gasteiger partial charge in [0.25, 0.3) is 0 Å². The fourth-order valence-corrected chi connectivity index (χ4v) is 2.40. The molecule has 0 fully saturated rings. The van der Waals surface area contributed by atoms with E-state index in [9.17, 15) is 8.78 Å². The average Bonchev–Trinajstić information content (AvgIpc) is 2.47. The maximum Gasteiger partial charge on any atom is 0.126 e. The van der Waals surface area contributed by atoms with Gasteiger partial charge < -0.3 is 5.32 Å². The lowest BCUT2D eigenvalue weighted by Gasteiger charge is -2.20. The zero-order valence-electron chi connectivity index (χ0n) is 12.5. The lowest BCUT2D eigenvalue weighted by atomic mass is 9.97. The molecule has 0 saturated carbocycles. The third kappa shape index (κ3) is 4.11. The van der Waals surface area contributed by atoms with E-state index in [2.05, 4.69) is 31.3 Å². The van der Waals surface area contributed by atoms with E-state index in [0.717, 1.165) is 31.0 Å². The normalized spacial score (nSPS) is 12.4. The molecule has 1 atom stereocenters. The molecule has 21 heavy (non-hydrogen) atoms. The summed E-state index contributed by atoms with van der Waals surface area (Å²) in [5, 5.41) is 3.36. The van der Waals surface area contributed by atoms with E-state index in [0.29, 0.717) is 5.56 Å². The van der Waals surface area contributed by atoms with Crippen LogP contribution in [0.1, 0.15) is 43.0 Å². The molecule has 3 heteroatoms. The Bertz CT molecular complexity index is 558. The summed E-state index contributed by atoms with van der Waals surface area (Å²) in [7, 11) is 0. The van der Waals surface area contributed by atoms with Crippen LogP contribution in [0, 0.1) is 11.6 Å². The van der Waals surface area contributed by atoms with Gasteiger partial charge in [0.1, 0.15) is 11.6 Å². The molecule has 0 heterocycles. The number of hydrogen-bond donors (Lipinski definition) is 1. The van der Waals surface area contributed by atoms with Crippen molar-refractivity contribution in [2.75, 3.05) is 6.54 Å². The second kappa shape index (κ2) is 7.32. The zero-order valence-corrected chi connectivity index (χ0v) is 12.5. The molecule has 0 aliphatic carbocycles. The topological polar surface area (TPSA) is 12.0 Å². The Morgan fingerprint density at radius 1 is 0.905 bits per heavy atom. The van der Waals surface area contributed by atoms with Gasteiger partial charge in [0.15, 0.2) is 0 Å². The van der Waals surface area contributed by atoms with E-state index in [-0.39, 0.29) is 6.04 Å². The minimum absolute atomic E-state index is 0.193. The number of halogens is 2. The van der Waals surface area contributed by atoms with Crippen molar-refractivity contribution in [3.8, 4) is 0 Å². The van der Waals surface area contributed by atoms with Crippen molar-refractivity contribution >= 4 is 0 Å². The van der Waals surface area contributed by atoms with Crippen LogP contribution in [0.2, 0.25) is 0 Å². The minimum atomic E-state index is -0.543. The Kier molecular flexibility index (Phi) is 5.45. The van der Waals surface area contributed by atoms with Crippen molar-refractivity contribution in [1.29, 1.82) is 0 Å². The van der Waals surface area contributed by atoms with Gasteiger partial charge in [-0.2, -0.15) is 0 Å². The number of hydrogen-bond acceptors (Lipinski definition) is 1. The van der Waals surface area contributed by atoms with E-state index < -0.39 is 11.6 Å². The highest BCUT2D eigenvalue weighted by Gasteiger charge is 2.15. The highest BCUT2D eigenvalue weighted by Crippen LogP contribution is 2.24. The lowest BCUT2D eigenvalue weighted by Crippen LogP contribution is -2.23. The summed E-state index contributed by atoms with van der Waals surface area (Å²) in [6.45, 7) is 4.96. The van der Waals surface area contributed by atoms with Crippen molar-refractivity contribution < 1.29 is 8.78 Å². The highest BCUT2D eigenvalue weighted by molar-refractivity contribution is 5.34. The second-order valence-electron chi connectivity index (χ2n) is 5.19. The first-order chi connectivity index (χ1) is 10.1. The Hall–Kier alpha value is -1.74. The molecule has 0 aliphatic heterocycles. The van der Waals surface area contributed by atoms with Crippen molar-refractivity contribution in [1.82, 2.24) is 5.32 Å². The Morgan fingerprint density at radius 3 is 2.05 bits per heavy atom. The molecule has 0 saturated heterocycles. The fourth-order valence-electron chi connectivity index (χ4n) is 2.40. The van der Waals surface area contributed by atoms with Crippen molar-refractivity contribution in [2.24, 2.45) is 0 Å². The summed E-state index contributed by atoms with van der Waals surface area (Å²) >= 11 is 0. The number of benzene rings is 2. The molecular formula is C18H21F2N. The minimum Gasteiger partial charge on any atom is -0.306 e. The molecule has 0 amide bonds. The maximum atomic E-state index is 13.5. The summed E-state index contributed by atoms with van der Waals surface area (Å²) in [5.41, 5.74) is 2.88. The van der Waals surface area contributed by atoms with E-state index in [4.69, 9.17) is 0 Å². The van der Waals surface area contributed by atoms with E-state index in [1.807, 2.05) is 12.1 Å². The summed E-state index contributed by atoms with van der Waals surface area (Å²) in [4.78, 5) is 0. The van der Waals surface area contributed by atoms with Crippen LogP contribution in [0.5, 0.6) is 0 Å². The van der Waals surface area contributed by atoms with Crippen LogP contribution in [0.4, 0.5) is 8.78 Å². The molecule has 0 aliphatic rings. The van der Waals surface area contributed by atoms with Gasteiger partial charge in [-0.25, -0.2) is 8.78 Å². The second-order valence-corrected chi connectivity index (χ2v) is 5.19. The number of aryl methyl sites for hydroxylation is 1. The van der Waals surface area contributed by atoms with E-state index in [1.54, 1.807) is 0 Å². The number of nitrogens with one attached hydrogen (secondary N) is 1. The molecule has 1 N–H and O–H groups in total. The smallest absolute Gasteiger partial charge is 0.126 e. The molecule has 2 aromatic rings. The van der Waals surface area contributed by atoms with Gasteiger partial charge >= 0.3 is 0 Å². The molecule has 2 rings (SSSR count). The van der Waals surface area contributed by atoms with Crippen LogP contribution in [-0.2, 0) is 6.42 Å². The Balaban J connectivity index is 2.36. The summed E-state index contributed by atoms with van der Waals surface area (Å²) in [6.07, 6.45) is 1.93. The van der Waals surface area contributed by atoms with Crippen LogP contribution in [0.25, 0.3) is 0 Å². The van der Waals surface area contributed by atoms with Gasteiger partial charge in [-0.05, 0) is 48.2 Å². The number of rotatable bonds is 6. The third-order valence-corrected chi connectivity index (χ3v) is 3.54. The summed E-state index contributed by atoms with van der Waals surface area (Å²) in [5.74, 6) is -1.09.